The highest BCUT2D eigenvalue weighted by Crippen LogP contribution is 2.31. The highest BCUT2D eigenvalue weighted by Gasteiger charge is 2.33. The van der Waals surface area contributed by atoms with Crippen LogP contribution in [0.15, 0.2) is 30.3 Å². The van der Waals surface area contributed by atoms with Crippen LogP contribution < -0.4 is 5.32 Å². The molecule has 21 heavy (non-hydrogen) atoms. The van der Waals surface area contributed by atoms with Crippen molar-refractivity contribution in [2.24, 2.45) is 0 Å². The van der Waals surface area contributed by atoms with Gasteiger partial charge in [0, 0.05) is 23.9 Å². The molecule has 5 heteroatoms. The fourth-order valence-corrected chi connectivity index (χ4v) is 2.16. The van der Waals surface area contributed by atoms with E-state index < -0.39 is 11.9 Å². The van der Waals surface area contributed by atoms with Crippen LogP contribution in [0.5, 0.6) is 0 Å². The molecule has 0 saturated carbocycles. The third-order valence-corrected chi connectivity index (χ3v) is 3.13. The molecule has 0 amide bonds. The van der Waals surface area contributed by atoms with Gasteiger partial charge in [0.05, 0.1) is 5.69 Å². The lowest BCUT2D eigenvalue weighted by atomic mass is 10.1. The summed E-state index contributed by atoms with van der Waals surface area (Å²) in [6.07, 6.45) is -3.96. The molecule has 2 aromatic rings. The molecule has 0 spiro atoms. The number of benzene rings is 1. The molecule has 0 aliphatic carbocycles. The van der Waals surface area contributed by atoms with Gasteiger partial charge in [0.25, 0.3) is 0 Å². The molecule has 0 radical (unpaired) electrons. The first-order chi connectivity index (χ1) is 9.67. The summed E-state index contributed by atoms with van der Waals surface area (Å²) < 4.78 is 38.8. The minimum atomic E-state index is -4.42. The molecular formula is C16H19F3N2. The Labute approximate surface area is 122 Å². The minimum Gasteiger partial charge on any atom is -0.312 e. The zero-order valence-electron chi connectivity index (χ0n) is 12.4. The van der Waals surface area contributed by atoms with Crippen LogP contribution in [0.4, 0.5) is 13.2 Å². The van der Waals surface area contributed by atoms with Gasteiger partial charge in [-0.05, 0) is 32.2 Å². The average molecular weight is 296 g/mol. The molecule has 0 atom stereocenters. The minimum absolute atomic E-state index is 0.0720. The Morgan fingerprint density at radius 3 is 2.38 bits per heavy atom. The summed E-state index contributed by atoms with van der Waals surface area (Å²) in [4.78, 5) is 3.83. The first-order valence-corrected chi connectivity index (χ1v) is 6.88. The molecule has 0 saturated heterocycles. The molecule has 0 aliphatic rings. The number of fused-ring (bicyclic) bond motifs is 1. The molecule has 0 unspecified atom stereocenters. The topological polar surface area (TPSA) is 24.9 Å². The lowest BCUT2D eigenvalue weighted by molar-refractivity contribution is -0.141. The monoisotopic (exact) mass is 296 g/mol. The van der Waals surface area contributed by atoms with E-state index >= 15 is 0 Å². The maximum absolute atomic E-state index is 12.9. The Kier molecular flexibility index (Phi) is 4.23. The lowest BCUT2D eigenvalue weighted by Crippen LogP contribution is -2.37. The van der Waals surface area contributed by atoms with Crippen LogP contribution in [0.2, 0.25) is 0 Å². The van der Waals surface area contributed by atoms with Gasteiger partial charge < -0.3 is 5.32 Å². The van der Waals surface area contributed by atoms with Gasteiger partial charge in [-0.15, -0.1) is 0 Å². The van der Waals surface area contributed by atoms with Crippen LogP contribution in [0, 0.1) is 0 Å². The Morgan fingerprint density at radius 2 is 1.76 bits per heavy atom. The summed E-state index contributed by atoms with van der Waals surface area (Å²) in [6.45, 7) is 6.64. The molecule has 0 fully saturated rings. The number of hydrogen-bond acceptors (Lipinski definition) is 2. The van der Waals surface area contributed by atoms with Gasteiger partial charge in [-0.3, -0.25) is 0 Å². The van der Waals surface area contributed by atoms with Crippen molar-refractivity contribution in [3.63, 3.8) is 0 Å². The molecule has 1 aromatic heterocycles. The van der Waals surface area contributed by atoms with Crippen molar-refractivity contribution in [2.75, 3.05) is 6.54 Å². The highest BCUT2D eigenvalue weighted by atomic mass is 19.4. The SMILES string of the molecule is CC(C)(C)NCCc1nc(C(F)(F)F)cc2ccccc12. The van der Waals surface area contributed by atoms with E-state index in [0.29, 0.717) is 24.0 Å². The summed E-state index contributed by atoms with van der Waals surface area (Å²) >= 11 is 0. The summed E-state index contributed by atoms with van der Waals surface area (Å²) in [7, 11) is 0. The molecule has 0 bridgehead atoms. The third-order valence-electron chi connectivity index (χ3n) is 3.13. The molecule has 1 aromatic carbocycles. The first-order valence-electron chi connectivity index (χ1n) is 6.88. The normalized spacial score (nSPS) is 12.9. The fraction of sp³-hybridized carbons (Fsp3) is 0.438. The summed E-state index contributed by atoms with van der Waals surface area (Å²) in [5, 5.41) is 4.63. The number of nitrogens with zero attached hydrogens (tertiary/aromatic N) is 1. The zero-order valence-corrected chi connectivity index (χ0v) is 12.4. The largest absolute Gasteiger partial charge is 0.433 e. The van der Waals surface area contributed by atoms with E-state index in [1.165, 1.54) is 0 Å². The predicted octanol–water partition coefficient (Wildman–Crippen LogP) is 4.18. The van der Waals surface area contributed by atoms with Gasteiger partial charge in [0.1, 0.15) is 5.69 Å². The highest BCUT2D eigenvalue weighted by molar-refractivity contribution is 5.85. The van der Waals surface area contributed by atoms with E-state index in [0.717, 1.165) is 11.5 Å². The number of hydrogen-bond donors (Lipinski definition) is 1. The number of aromatic nitrogens is 1. The second kappa shape index (κ2) is 5.64. The van der Waals surface area contributed by atoms with Crippen LogP contribution >= 0.6 is 0 Å². The molecular weight excluding hydrogens is 277 g/mol. The van der Waals surface area contributed by atoms with E-state index in [4.69, 9.17) is 0 Å². The lowest BCUT2D eigenvalue weighted by Gasteiger charge is -2.20. The van der Waals surface area contributed by atoms with Gasteiger partial charge in [0.15, 0.2) is 0 Å². The summed E-state index contributed by atoms with van der Waals surface area (Å²) in [6, 6.07) is 8.16. The van der Waals surface area contributed by atoms with E-state index in [1.54, 1.807) is 12.1 Å². The summed E-state index contributed by atoms with van der Waals surface area (Å²) in [5.74, 6) is 0. The van der Waals surface area contributed by atoms with E-state index in [-0.39, 0.29) is 5.54 Å². The first kappa shape index (κ1) is 15.8. The van der Waals surface area contributed by atoms with Crippen LogP contribution in [-0.2, 0) is 12.6 Å². The van der Waals surface area contributed by atoms with Crippen molar-refractivity contribution < 1.29 is 13.2 Å². The van der Waals surface area contributed by atoms with Crippen molar-refractivity contribution in [2.45, 2.75) is 38.9 Å². The number of rotatable bonds is 3. The smallest absolute Gasteiger partial charge is 0.312 e. The van der Waals surface area contributed by atoms with Crippen LogP contribution in [0.3, 0.4) is 0 Å². The van der Waals surface area contributed by atoms with Gasteiger partial charge in [-0.1, -0.05) is 24.3 Å². The third kappa shape index (κ3) is 4.17. The standard InChI is InChI=1S/C16H19F3N2/c1-15(2,3)20-9-8-13-12-7-5-4-6-11(12)10-14(21-13)16(17,18)19/h4-7,10,20H,8-9H2,1-3H3. The van der Waals surface area contributed by atoms with Gasteiger partial charge in [-0.25, -0.2) is 4.98 Å². The molecule has 2 nitrogen and oxygen atoms in total. The van der Waals surface area contributed by atoms with Crippen molar-refractivity contribution in [3.8, 4) is 0 Å². The zero-order chi connectivity index (χ0) is 15.7. The van der Waals surface area contributed by atoms with Gasteiger partial charge >= 0.3 is 6.18 Å². The Balaban J connectivity index is 2.36. The molecule has 1 N–H and O–H groups in total. The van der Waals surface area contributed by atoms with Crippen molar-refractivity contribution in [1.29, 1.82) is 0 Å². The number of nitrogens with one attached hydrogen (secondary N) is 1. The van der Waals surface area contributed by atoms with E-state index in [9.17, 15) is 13.2 Å². The Hall–Kier alpha value is -1.62. The number of halogens is 3. The second-order valence-electron chi connectivity index (χ2n) is 6.10. The Bertz CT molecular complexity index is 627. The van der Waals surface area contributed by atoms with E-state index in [1.807, 2.05) is 32.9 Å². The van der Waals surface area contributed by atoms with E-state index in [2.05, 4.69) is 10.3 Å². The fourth-order valence-electron chi connectivity index (χ4n) is 2.16. The molecule has 1 heterocycles. The number of alkyl halides is 3. The molecule has 0 aliphatic heterocycles. The van der Waals surface area contributed by atoms with Gasteiger partial charge in [0.2, 0.25) is 0 Å². The van der Waals surface area contributed by atoms with Crippen LogP contribution in [-0.4, -0.2) is 17.1 Å². The second-order valence-corrected chi connectivity index (χ2v) is 6.10. The maximum atomic E-state index is 12.9. The average Bonchev–Trinajstić information content (AvgIpc) is 2.36. The maximum Gasteiger partial charge on any atom is 0.433 e. The van der Waals surface area contributed by atoms with Crippen molar-refractivity contribution in [3.05, 3.63) is 41.7 Å². The van der Waals surface area contributed by atoms with Crippen LogP contribution in [0.25, 0.3) is 10.8 Å². The van der Waals surface area contributed by atoms with Gasteiger partial charge in [-0.2, -0.15) is 13.2 Å². The molecule has 2 rings (SSSR count). The quantitative estimate of drug-likeness (QED) is 0.919. The molecule has 114 valence electrons. The Morgan fingerprint density at radius 1 is 1.10 bits per heavy atom. The van der Waals surface area contributed by atoms with Crippen molar-refractivity contribution in [1.82, 2.24) is 10.3 Å². The van der Waals surface area contributed by atoms with Crippen molar-refractivity contribution >= 4 is 10.8 Å². The predicted molar refractivity (Wildman–Crippen MR) is 78.2 cm³/mol. The van der Waals surface area contributed by atoms with Crippen LogP contribution in [0.1, 0.15) is 32.2 Å². The summed E-state index contributed by atoms with van der Waals surface area (Å²) in [5.41, 5.74) is -0.415. The number of pyridine rings is 1.